The second-order valence-electron chi connectivity index (χ2n) is 7.49. The van der Waals surface area contributed by atoms with E-state index in [1.165, 1.54) is 4.90 Å². The summed E-state index contributed by atoms with van der Waals surface area (Å²) in [5.74, 6) is -0.186. The molecule has 1 aliphatic heterocycles. The number of hydrogen-bond acceptors (Lipinski definition) is 4. The number of carbonyl (C=O) groups is 1. The lowest BCUT2D eigenvalue weighted by molar-refractivity contribution is 0.0248. The number of sulfone groups is 1. The van der Waals surface area contributed by atoms with Gasteiger partial charge in [0, 0.05) is 12.5 Å². The molecule has 0 spiro atoms. The van der Waals surface area contributed by atoms with Crippen LogP contribution in [0.25, 0.3) is 0 Å². The van der Waals surface area contributed by atoms with Gasteiger partial charge in [0.05, 0.1) is 16.2 Å². The van der Waals surface area contributed by atoms with E-state index in [-0.39, 0.29) is 5.92 Å². The molecular weight excluding hydrogens is 326 g/mol. The zero-order chi connectivity index (χ0) is 17.7. The van der Waals surface area contributed by atoms with Crippen LogP contribution >= 0.6 is 0 Å². The topological polar surface area (TPSA) is 63.7 Å². The molecule has 130 valence electrons. The molecule has 3 atom stereocenters. The summed E-state index contributed by atoms with van der Waals surface area (Å²) in [5.41, 5.74) is 0.408. The van der Waals surface area contributed by atoms with Gasteiger partial charge in [-0.15, -0.1) is 0 Å². The fraction of sp³-hybridized carbons (Fsp3) is 0.500. The highest BCUT2D eigenvalue weighted by atomic mass is 32.2. The van der Waals surface area contributed by atoms with E-state index < -0.39 is 32.8 Å². The Morgan fingerprint density at radius 1 is 1.17 bits per heavy atom. The molecule has 24 heavy (non-hydrogen) atoms. The van der Waals surface area contributed by atoms with E-state index in [2.05, 4.69) is 0 Å². The molecule has 0 aromatic heterocycles. The Morgan fingerprint density at radius 3 is 2.38 bits per heavy atom. The van der Waals surface area contributed by atoms with Crippen molar-refractivity contribution in [2.24, 2.45) is 5.92 Å². The Balaban J connectivity index is 1.86. The van der Waals surface area contributed by atoms with Crippen LogP contribution in [0.3, 0.4) is 0 Å². The number of benzene rings is 1. The van der Waals surface area contributed by atoms with Crippen molar-refractivity contribution in [2.45, 2.75) is 49.5 Å². The molecule has 1 heterocycles. The molecule has 0 saturated carbocycles. The normalized spacial score (nSPS) is 26.0. The van der Waals surface area contributed by atoms with Crippen molar-refractivity contribution >= 4 is 15.9 Å². The van der Waals surface area contributed by atoms with Crippen molar-refractivity contribution in [2.75, 3.05) is 6.54 Å². The van der Waals surface area contributed by atoms with Gasteiger partial charge < -0.3 is 4.74 Å². The molecule has 3 unspecified atom stereocenters. The molecule has 3 rings (SSSR count). The molecule has 1 saturated heterocycles. The number of nitrogens with zero attached hydrogens (tertiary/aromatic N) is 1. The van der Waals surface area contributed by atoms with E-state index >= 15 is 0 Å². The SMILES string of the molecule is Cc1ccc(S(=O)(=O)C2C3C=CC2N(C(=O)OC(C)(C)C)C3)cc1. The molecule has 2 bridgehead atoms. The third kappa shape index (κ3) is 2.95. The fourth-order valence-corrected chi connectivity index (χ4v) is 5.41. The van der Waals surface area contributed by atoms with Gasteiger partial charge in [-0.2, -0.15) is 0 Å². The number of hydrogen-bond donors (Lipinski definition) is 0. The number of amides is 1. The fourth-order valence-electron chi connectivity index (χ4n) is 3.34. The van der Waals surface area contributed by atoms with Gasteiger partial charge in [0.25, 0.3) is 0 Å². The first-order chi connectivity index (χ1) is 11.1. The van der Waals surface area contributed by atoms with Gasteiger partial charge in [-0.25, -0.2) is 13.2 Å². The first-order valence-electron chi connectivity index (χ1n) is 8.08. The Bertz CT molecular complexity index is 774. The molecule has 1 aromatic carbocycles. The summed E-state index contributed by atoms with van der Waals surface area (Å²) in [6, 6.07) is 6.41. The van der Waals surface area contributed by atoms with Gasteiger partial charge in [-0.1, -0.05) is 29.8 Å². The summed E-state index contributed by atoms with van der Waals surface area (Å²) < 4.78 is 31.5. The summed E-state index contributed by atoms with van der Waals surface area (Å²) in [5, 5.41) is -0.632. The van der Waals surface area contributed by atoms with E-state index in [1.54, 1.807) is 45.0 Å². The van der Waals surface area contributed by atoms with E-state index in [4.69, 9.17) is 4.74 Å². The molecule has 1 aromatic rings. The summed E-state index contributed by atoms with van der Waals surface area (Å²) >= 11 is 0. The number of fused-ring (bicyclic) bond motifs is 2. The highest BCUT2D eigenvalue weighted by Gasteiger charge is 2.53. The van der Waals surface area contributed by atoms with Crippen molar-refractivity contribution in [1.82, 2.24) is 4.90 Å². The molecule has 1 amide bonds. The number of carbonyl (C=O) groups excluding carboxylic acids is 1. The Morgan fingerprint density at radius 2 is 1.79 bits per heavy atom. The lowest BCUT2D eigenvalue weighted by atomic mass is 10.1. The number of ether oxygens (including phenoxy) is 1. The van der Waals surface area contributed by atoms with E-state index in [1.807, 2.05) is 19.1 Å². The first-order valence-corrected chi connectivity index (χ1v) is 9.63. The van der Waals surface area contributed by atoms with Crippen molar-refractivity contribution in [3.8, 4) is 0 Å². The minimum Gasteiger partial charge on any atom is -0.444 e. The standard InChI is InChI=1S/C18H23NO4S/c1-12-5-8-14(9-6-12)24(21,22)16-13-7-10-15(16)19(11-13)17(20)23-18(2,3)4/h5-10,13,15-16H,11H2,1-4H3. The highest BCUT2D eigenvalue weighted by molar-refractivity contribution is 7.92. The zero-order valence-corrected chi connectivity index (χ0v) is 15.2. The predicted octanol–water partition coefficient (Wildman–Crippen LogP) is 2.94. The van der Waals surface area contributed by atoms with Crippen LogP contribution in [0.2, 0.25) is 0 Å². The van der Waals surface area contributed by atoms with E-state index in [9.17, 15) is 13.2 Å². The number of rotatable bonds is 2. The average molecular weight is 349 g/mol. The van der Waals surface area contributed by atoms with Crippen LogP contribution in [-0.4, -0.2) is 42.8 Å². The molecule has 2 aliphatic rings. The Kier molecular flexibility index (Phi) is 3.98. The van der Waals surface area contributed by atoms with Crippen LogP contribution in [0.15, 0.2) is 41.3 Å². The molecular formula is C18H23NO4S. The van der Waals surface area contributed by atoms with Gasteiger partial charge in [0.1, 0.15) is 5.60 Å². The van der Waals surface area contributed by atoms with Crippen molar-refractivity contribution in [3.63, 3.8) is 0 Å². The Hall–Kier alpha value is -1.82. The predicted molar refractivity (Wildman–Crippen MR) is 91.5 cm³/mol. The Labute approximate surface area is 143 Å². The van der Waals surface area contributed by atoms with Gasteiger partial charge in [-0.05, 0) is 39.8 Å². The molecule has 5 nitrogen and oxygen atoms in total. The highest BCUT2D eigenvalue weighted by Crippen LogP contribution is 2.40. The smallest absolute Gasteiger partial charge is 0.410 e. The van der Waals surface area contributed by atoms with Gasteiger partial charge in [-0.3, -0.25) is 4.90 Å². The maximum absolute atomic E-state index is 13.0. The third-order valence-electron chi connectivity index (χ3n) is 4.42. The van der Waals surface area contributed by atoms with Crippen LogP contribution in [0, 0.1) is 12.8 Å². The average Bonchev–Trinajstić information content (AvgIpc) is 3.04. The lowest BCUT2D eigenvalue weighted by Crippen LogP contribution is -2.43. The minimum atomic E-state index is -3.51. The number of aryl methyl sites for hydroxylation is 1. The molecule has 0 N–H and O–H groups in total. The largest absolute Gasteiger partial charge is 0.444 e. The second kappa shape index (κ2) is 5.62. The summed E-state index contributed by atoms with van der Waals surface area (Å²) in [6.07, 6.45) is 3.26. The molecule has 0 radical (unpaired) electrons. The first kappa shape index (κ1) is 17.0. The minimum absolute atomic E-state index is 0.186. The third-order valence-corrected chi connectivity index (χ3v) is 6.69. The van der Waals surface area contributed by atoms with Gasteiger partial charge in [0.2, 0.25) is 0 Å². The summed E-state index contributed by atoms with van der Waals surface area (Å²) in [4.78, 5) is 14.2. The molecule has 1 fully saturated rings. The van der Waals surface area contributed by atoms with Crippen molar-refractivity contribution in [3.05, 3.63) is 42.0 Å². The van der Waals surface area contributed by atoms with Crippen molar-refractivity contribution in [1.29, 1.82) is 0 Å². The van der Waals surface area contributed by atoms with E-state index in [0.717, 1.165) is 5.56 Å². The zero-order valence-electron chi connectivity index (χ0n) is 14.4. The van der Waals surface area contributed by atoms with Crippen LogP contribution in [0.5, 0.6) is 0 Å². The summed E-state index contributed by atoms with van der Waals surface area (Å²) in [7, 11) is -3.51. The van der Waals surface area contributed by atoms with E-state index in [0.29, 0.717) is 11.4 Å². The summed E-state index contributed by atoms with van der Waals surface area (Å²) in [6.45, 7) is 7.70. The molecule has 1 aliphatic carbocycles. The van der Waals surface area contributed by atoms with Crippen LogP contribution in [-0.2, 0) is 14.6 Å². The van der Waals surface area contributed by atoms with Crippen LogP contribution < -0.4 is 0 Å². The van der Waals surface area contributed by atoms with Crippen LogP contribution in [0.1, 0.15) is 26.3 Å². The molecule has 6 heteroatoms. The maximum atomic E-state index is 13.0. The van der Waals surface area contributed by atoms with Gasteiger partial charge in [0.15, 0.2) is 9.84 Å². The monoisotopic (exact) mass is 349 g/mol. The lowest BCUT2D eigenvalue weighted by Gasteiger charge is -2.28. The quantitative estimate of drug-likeness (QED) is 0.770. The van der Waals surface area contributed by atoms with Gasteiger partial charge >= 0.3 is 6.09 Å². The second-order valence-corrected chi connectivity index (χ2v) is 9.60. The maximum Gasteiger partial charge on any atom is 0.410 e. The van der Waals surface area contributed by atoms with Crippen LogP contribution in [0.4, 0.5) is 4.79 Å². The van der Waals surface area contributed by atoms with Crippen molar-refractivity contribution < 1.29 is 17.9 Å². The number of likely N-dealkylation sites (tertiary alicyclic amines) is 1.